The molecule has 3 nitrogen and oxygen atoms in total. The molecule has 4 heteroatoms. The number of carbonyl (C=O) groups is 1. The van der Waals surface area contributed by atoms with Crippen LogP contribution in [0.15, 0.2) is 0 Å². The zero-order chi connectivity index (χ0) is 12.2. The third-order valence-corrected chi connectivity index (χ3v) is 3.62. The fraction of sp³-hybridized carbons (Fsp3) is 0.917. The van der Waals surface area contributed by atoms with E-state index in [1.54, 1.807) is 0 Å². The number of thioether (sulfide) groups is 1. The monoisotopic (exact) mass is 245 g/mol. The number of alkyl carbamates (subject to hydrolysis) is 1. The minimum atomic E-state index is -0.412. The van der Waals surface area contributed by atoms with E-state index in [1.807, 2.05) is 39.5 Å². The number of carbonyl (C=O) groups excluding carboxylic acids is 1. The number of ether oxygens (including phenoxy) is 1. The van der Waals surface area contributed by atoms with Crippen molar-refractivity contribution < 1.29 is 9.53 Å². The zero-order valence-electron chi connectivity index (χ0n) is 10.7. The molecule has 1 aliphatic carbocycles. The van der Waals surface area contributed by atoms with Crippen molar-refractivity contribution in [2.24, 2.45) is 5.92 Å². The number of hydrogen-bond acceptors (Lipinski definition) is 3. The summed E-state index contributed by atoms with van der Waals surface area (Å²) in [6, 6.07) is 0.179. The van der Waals surface area contributed by atoms with E-state index in [9.17, 15) is 4.79 Å². The summed E-state index contributed by atoms with van der Waals surface area (Å²) in [7, 11) is 0. The van der Waals surface area contributed by atoms with E-state index in [-0.39, 0.29) is 12.1 Å². The highest BCUT2D eigenvalue weighted by molar-refractivity contribution is 7.99. The smallest absolute Gasteiger partial charge is 0.407 e. The topological polar surface area (TPSA) is 38.3 Å². The molecule has 0 radical (unpaired) electrons. The maximum atomic E-state index is 11.4. The zero-order valence-corrected chi connectivity index (χ0v) is 11.5. The molecule has 0 saturated heterocycles. The maximum Gasteiger partial charge on any atom is 0.407 e. The Morgan fingerprint density at radius 3 is 2.62 bits per heavy atom. The summed E-state index contributed by atoms with van der Waals surface area (Å²) < 4.78 is 5.19. The molecule has 0 aliphatic heterocycles. The summed E-state index contributed by atoms with van der Waals surface area (Å²) in [5.41, 5.74) is -0.412. The number of rotatable bonds is 5. The minimum absolute atomic E-state index is 0.179. The fourth-order valence-electron chi connectivity index (χ4n) is 1.25. The van der Waals surface area contributed by atoms with Crippen molar-refractivity contribution in [1.82, 2.24) is 5.32 Å². The summed E-state index contributed by atoms with van der Waals surface area (Å²) in [6.07, 6.45) is 2.47. The molecule has 1 fully saturated rings. The Kier molecular flexibility index (Phi) is 4.96. The van der Waals surface area contributed by atoms with Crippen LogP contribution in [0.4, 0.5) is 4.79 Å². The highest BCUT2D eigenvalue weighted by Gasteiger charge is 2.21. The molecule has 1 N–H and O–H groups in total. The lowest BCUT2D eigenvalue weighted by molar-refractivity contribution is 0.0513. The van der Waals surface area contributed by atoms with Crippen molar-refractivity contribution in [2.75, 3.05) is 11.5 Å². The van der Waals surface area contributed by atoms with Crippen LogP contribution < -0.4 is 5.32 Å². The third kappa shape index (κ3) is 6.99. The van der Waals surface area contributed by atoms with Gasteiger partial charge in [0.15, 0.2) is 0 Å². The van der Waals surface area contributed by atoms with Crippen molar-refractivity contribution in [3.05, 3.63) is 0 Å². The van der Waals surface area contributed by atoms with E-state index in [0.29, 0.717) is 0 Å². The average molecular weight is 245 g/mol. The molecule has 0 aromatic carbocycles. The molecule has 16 heavy (non-hydrogen) atoms. The van der Waals surface area contributed by atoms with Crippen LogP contribution >= 0.6 is 11.8 Å². The first-order valence-corrected chi connectivity index (χ1v) is 7.09. The number of nitrogens with one attached hydrogen (secondary N) is 1. The van der Waals surface area contributed by atoms with Crippen molar-refractivity contribution in [2.45, 2.75) is 52.2 Å². The minimum Gasteiger partial charge on any atom is -0.444 e. The Hall–Kier alpha value is -0.380. The average Bonchev–Trinajstić information content (AvgIpc) is 2.83. The second kappa shape index (κ2) is 5.80. The molecule has 0 spiro atoms. The largest absolute Gasteiger partial charge is 0.444 e. The van der Waals surface area contributed by atoms with Crippen LogP contribution in [0.1, 0.15) is 40.5 Å². The van der Waals surface area contributed by atoms with E-state index in [4.69, 9.17) is 4.74 Å². The van der Waals surface area contributed by atoms with Crippen LogP contribution in [0.25, 0.3) is 0 Å². The van der Waals surface area contributed by atoms with Gasteiger partial charge in [-0.3, -0.25) is 0 Å². The highest BCUT2D eigenvalue weighted by Crippen LogP contribution is 2.32. The molecule has 0 aromatic heterocycles. The molecule has 1 aliphatic rings. The highest BCUT2D eigenvalue weighted by atomic mass is 32.2. The summed E-state index contributed by atoms with van der Waals surface area (Å²) in [5.74, 6) is 3.15. The molecule has 1 atom stereocenters. The predicted molar refractivity (Wildman–Crippen MR) is 68.9 cm³/mol. The first-order chi connectivity index (χ1) is 7.37. The Balaban J connectivity index is 2.07. The standard InChI is InChI=1S/C12H23NO2S/c1-9(7-16-8-10-5-6-10)13-11(14)15-12(2,3)4/h9-10H,5-8H2,1-4H3,(H,13,14)/t9-/m1/s1. The van der Waals surface area contributed by atoms with Crippen LogP contribution in [0.3, 0.4) is 0 Å². The molecule has 1 saturated carbocycles. The van der Waals surface area contributed by atoms with Gasteiger partial charge in [0, 0.05) is 11.8 Å². The van der Waals surface area contributed by atoms with Crippen molar-refractivity contribution in [1.29, 1.82) is 0 Å². The molecular formula is C12H23NO2S. The summed E-state index contributed by atoms with van der Waals surface area (Å²) in [5, 5.41) is 2.85. The van der Waals surface area contributed by atoms with E-state index in [1.165, 1.54) is 18.6 Å². The predicted octanol–water partition coefficient (Wildman–Crippen LogP) is 3.04. The summed E-state index contributed by atoms with van der Waals surface area (Å²) in [4.78, 5) is 11.4. The van der Waals surface area contributed by atoms with Crippen LogP contribution in [-0.4, -0.2) is 29.2 Å². The van der Waals surface area contributed by atoms with Gasteiger partial charge in [0.25, 0.3) is 0 Å². The Labute approximate surface area is 103 Å². The number of amides is 1. The summed E-state index contributed by atoms with van der Waals surface area (Å²) >= 11 is 1.92. The van der Waals surface area contributed by atoms with Crippen LogP contribution in [-0.2, 0) is 4.74 Å². The molecule has 0 aromatic rings. The first-order valence-electron chi connectivity index (χ1n) is 5.94. The van der Waals surface area contributed by atoms with Gasteiger partial charge in [-0.15, -0.1) is 0 Å². The van der Waals surface area contributed by atoms with Gasteiger partial charge in [0.1, 0.15) is 5.60 Å². The van der Waals surface area contributed by atoms with Gasteiger partial charge in [-0.1, -0.05) is 0 Å². The van der Waals surface area contributed by atoms with Crippen molar-refractivity contribution in [3.8, 4) is 0 Å². The molecule has 0 heterocycles. The van der Waals surface area contributed by atoms with Crippen molar-refractivity contribution >= 4 is 17.9 Å². The number of hydrogen-bond donors (Lipinski definition) is 1. The summed E-state index contributed by atoms with van der Waals surface area (Å²) in [6.45, 7) is 7.64. The van der Waals surface area contributed by atoms with Gasteiger partial charge >= 0.3 is 6.09 Å². The molecule has 1 rings (SSSR count). The van der Waals surface area contributed by atoms with Crippen LogP contribution in [0.2, 0.25) is 0 Å². The van der Waals surface area contributed by atoms with Gasteiger partial charge < -0.3 is 10.1 Å². The second-order valence-electron chi connectivity index (χ2n) is 5.53. The Bertz CT molecular complexity index is 234. The van der Waals surface area contributed by atoms with E-state index >= 15 is 0 Å². The lowest BCUT2D eigenvalue weighted by Gasteiger charge is -2.21. The van der Waals surface area contributed by atoms with Gasteiger partial charge in [-0.25, -0.2) is 4.79 Å². The van der Waals surface area contributed by atoms with Crippen LogP contribution in [0.5, 0.6) is 0 Å². The Morgan fingerprint density at radius 1 is 1.50 bits per heavy atom. The second-order valence-corrected chi connectivity index (χ2v) is 6.60. The molecule has 94 valence electrons. The van der Waals surface area contributed by atoms with E-state index < -0.39 is 5.60 Å². The molecule has 0 bridgehead atoms. The third-order valence-electron chi connectivity index (χ3n) is 2.18. The fourth-order valence-corrected chi connectivity index (χ4v) is 2.49. The van der Waals surface area contributed by atoms with E-state index in [0.717, 1.165) is 11.7 Å². The van der Waals surface area contributed by atoms with Gasteiger partial charge in [0.05, 0.1) is 0 Å². The van der Waals surface area contributed by atoms with Gasteiger partial charge in [-0.2, -0.15) is 11.8 Å². The SMILES string of the molecule is C[C@H](CSCC1CC1)NC(=O)OC(C)(C)C. The van der Waals surface area contributed by atoms with E-state index in [2.05, 4.69) is 5.32 Å². The van der Waals surface area contributed by atoms with Gasteiger partial charge in [-0.05, 0) is 52.2 Å². The Morgan fingerprint density at radius 2 is 2.12 bits per heavy atom. The maximum absolute atomic E-state index is 11.4. The first kappa shape index (κ1) is 13.7. The van der Waals surface area contributed by atoms with Gasteiger partial charge in [0.2, 0.25) is 0 Å². The lowest BCUT2D eigenvalue weighted by atomic mass is 10.2. The molecule has 1 amide bonds. The van der Waals surface area contributed by atoms with Crippen LogP contribution in [0, 0.1) is 5.92 Å². The quantitative estimate of drug-likeness (QED) is 0.809. The molecule has 0 unspecified atom stereocenters. The molecular weight excluding hydrogens is 222 g/mol. The van der Waals surface area contributed by atoms with Crippen molar-refractivity contribution in [3.63, 3.8) is 0 Å². The normalized spacial score (nSPS) is 18.0. The lowest BCUT2D eigenvalue weighted by Crippen LogP contribution is -2.38.